The summed E-state index contributed by atoms with van der Waals surface area (Å²) in [5.41, 5.74) is 1.60. The molecule has 1 aromatic heterocycles. The molecule has 0 saturated carbocycles. The van der Waals surface area contributed by atoms with Crippen molar-refractivity contribution in [2.75, 3.05) is 13.6 Å². The number of hydrogen-bond donors (Lipinski definition) is 0. The summed E-state index contributed by atoms with van der Waals surface area (Å²) in [7, 11) is 1.97. The van der Waals surface area contributed by atoms with Gasteiger partial charge in [-0.2, -0.15) is 0 Å². The summed E-state index contributed by atoms with van der Waals surface area (Å²) in [6.45, 7) is 4.86. The lowest BCUT2D eigenvalue weighted by Gasteiger charge is -2.18. The van der Waals surface area contributed by atoms with Gasteiger partial charge in [0.25, 0.3) is 0 Å². The number of ketones is 1. The first-order valence-electron chi connectivity index (χ1n) is 7.29. The van der Waals surface area contributed by atoms with Crippen LogP contribution in [0.4, 0.5) is 5.69 Å². The number of hydrogen-bond acceptors (Lipinski definition) is 4. The summed E-state index contributed by atoms with van der Waals surface area (Å²) < 4.78 is 6.62. The number of halogens is 1. The number of pyridine rings is 1. The molecular weight excluding hydrogens is 346 g/mol. The molecule has 118 valence electrons. The van der Waals surface area contributed by atoms with Gasteiger partial charge in [-0.05, 0) is 54.4 Å². The molecule has 2 rings (SSSR count). The molecule has 1 aliphatic carbocycles. The van der Waals surface area contributed by atoms with Crippen molar-refractivity contribution in [3.05, 3.63) is 28.4 Å². The van der Waals surface area contributed by atoms with Crippen molar-refractivity contribution in [2.24, 2.45) is 4.99 Å². The van der Waals surface area contributed by atoms with E-state index in [-0.39, 0.29) is 11.9 Å². The quantitative estimate of drug-likeness (QED) is 0.592. The Morgan fingerprint density at radius 1 is 1.59 bits per heavy atom. The highest BCUT2D eigenvalue weighted by Gasteiger charge is 2.17. The highest BCUT2D eigenvalue weighted by atomic mass is 79.9. The Balaban J connectivity index is 2.14. The van der Waals surface area contributed by atoms with E-state index < -0.39 is 0 Å². The molecule has 6 heteroatoms. The Hall–Kier alpha value is -1.69. The van der Waals surface area contributed by atoms with E-state index in [9.17, 15) is 4.79 Å². The van der Waals surface area contributed by atoms with Gasteiger partial charge in [0.15, 0.2) is 5.78 Å². The van der Waals surface area contributed by atoms with Crippen LogP contribution in [0.2, 0.25) is 0 Å². The standard InChI is InChI=1S/C16H20BrN3O2/c1-4-20(3)10-18-15-9-14(17)16(19-11(15)2)22-13-7-5-12(21)6-8-13/h5,7,9-10,13H,4,6,8H2,1-3H3. The predicted octanol–water partition coefficient (Wildman–Crippen LogP) is 3.43. The van der Waals surface area contributed by atoms with Crippen molar-refractivity contribution in [3.63, 3.8) is 0 Å². The zero-order chi connectivity index (χ0) is 16.1. The van der Waals surface area contributed by atoms with Crippen LogP contribution in [0.15, 0.2) is 27.7 Å². The van der Waals surface area contributed by atoms with Crippen LogP contribution in [0.25, 0.3) is 0 Å². The second kappa shape index (κ2) is 7.54. The molecule has 0 radical (unpaired) electrons. The van der Waals surface area contributed by atoms with Gasteiger partial charge in [0.1, 0.15) is 6.10 Å². The van der Waals surface area contributed by atoms with Crippen LogP contribution in [-0.2, 0) is 4.79 Å². The lowest BCUT2D eigenvalue weighted by Crippen LogP contribution is -2.20. The third-order valence-electron chi connectivity index (χ3n) is 3.44. The topological polar surface area (TPSA) is 54.8 Å². The molecule has 0 amide bonds. The van der Waals surface area contributed by atoms with Crippen molar-refractivity contribution in [2.45, 2.75) is 32.8 Å². The van der Waals surface area contributed by atoms with Gasteiger partial charge in [-0.15, -0.1) is 0 Å². The molecule has 22 heavy (non-hydrogen) atoms. The molecule has 0 saturated heterocycles. The van der Waals surface area contributed by atoms with E-state index in [1.54, 1.807) is 18.5 Å². The van der Waals surface area contributed by atoms with Crippen LogP contribution in [0.5, 0.6) is 5.88 Å². The second-order valence-corrected chi connectivity index (χ2v) is 6.07. The van der Waals surface area contributed by atoms with Crippen LogP contribution in [-0.4, -0.2) is 41.7 Å². The number of ether oxygens (including phenoxy) is 1. The molecular formula is C16H20BrN3O2. The van der Waals surface area contributed by atoms with Gasteiger partial charge in [-0.25, -0.2) is 9.98 Å². The van der Waals surface area contributed by atoms with E-state index in [0.717, 1.165) is 22.4 Å². The van der Waals surface area contributed by atoms with E-state index in [1.165, 1.54) is 0 Å². The normalized spacial score (nSPS) is 18.0. The lowest BCUT2D eigenvalue weighted by atomic mass is 10.0. The summed E-state index contributed by atoms with van der Waals surface area (Å²) in [5.74, 6) is 0.678. The monoisotopic (exact) mass is 365 g/mol. The summed E-state index contributed by atoms with van der Waals surface area (Å²) in [5, 5.41) is 0. The van der Waals surface area contributed by atoms with Crippen LogP contribution >= 0.6 is 15.9 Å². The predicted molar refractivity (Wildman–Crippen MR) is 90.9 cm³/mol. The summed E-state index contributed by atoms with van der Waals surface area (Å²) >= 11 is 3.48. The molecule has 5 nitrogen and oxygen atoms in total. The Bertz CT molecular complexity index is 614. The van der Waals surface area contributed by atoms with Crippen LogP contribution in [0.3, 0.4) is 0 Å². The Morgan fingerprint density at radius 2 is 2.36 bits per heavy atom. The molecule has 1 unspecified atom stereocenters. The minimum Gasteiger partial charge on any atom is -0.469 e. The summed E-state index contributed by atoms with van der Waals surface area (Å²) in [4.78, 5) is 22.1. The fourth-order valence-corrected chi connectivity index (χ4v) is 2.32. The third-order valence-corrected chi connectivity index (χ3v) is 4.00. The average Bonchev–Trinajstić information content (AvgIpc) is 2.51. The van der Waals surface area contributed by atoms with Crippen molar-refractivity contribution in [1.82, 2.24) is 9.88 Å². The SMILES string of the molecule is CCN(C)C=Nc1cc(Br)c(OC2C=CC(=O)CC2)nc1C. The van der Waals surface area contributed by atoms with Gasteiger partial charge < -0.3 is 9.64 Å². The zero-order valence-corrected chi connectivity index (χ0v) is 14.6. The van der Waals surface area contributed by atoms with Gasteiger partial charge in [0.2, 0.25) is 5.88 Å². The summed E-state index contributed by atoms with van der Waals surface area (Å²) in [6, 6.07) is 1.90. The van der Waals surface area contributed by atoms with Gasteiger partial charge >= 0.3 is 0 Å². The minimum atomic E-state index is -0.110. The Labute approximate surface area is 139 Å². The Morgan fingerprint density at radius 3 is 3.00 bits per heavy atom. The molecule has 0 bridgehead atoms. The van der Waals surface area contributed by atoms with Gasteiger partial charge in [0.05, 0.1) is 22.2 Å². The van der Waals surface area contributed by atoms with Crippen molar-refractivity contribution in [1.29, 1.82) is 0 Å². The first kappa shape index (κ1) is 16.7. The van der Waals surface area contributed by atoms with Crippen LogP contribution in [0.1, 0.15) is 25.5 Å². The van der Waals surface area contributed by atoms with Crippen molar-refractivity contribution >= 4 is 33.7 Å². The molecule has 1 aromatic rings. The first-order valence-corrected chi connectivity index (χ1v) is 8.08. The zero-order valence-electron chi connectivity index (χ0n) is 13.0. The average molecular weight is 366 g/mol. The van der Waals surface area contributed by atoms with Gasteiger partial charge in [-0.3, -0.25) is 4.79 Å². The largest absolute Gasteiger partial charge is 0.469 e. The lowest BCUT2D eigenvalue weighted by molar-refractivity contribution is -0.115. The molecule has 1 aliphatic rings. The number of allylic oxidation sites excluding steroid dienone is 1. The van der Waals surface area contributed by atoms with E-state index in [4.69, 9.17) is 4.74 Å². The smallest absolute Gasteiger partial charge is 0.228 e. The molecule has 1 heterocycles. The number of aromatic nitrogens is 1. The summed E-state index contributed by atoms with van der Waals surface area (Å²) in [6.07, 6.45) is 6.24. The molecule has 0 N–H and O–H groups in total. The number of aliphatic imine (C=N–C) groups is 1. The van der Waals surface area contributed by atoms with Gasteiger partial charge in [-0.1, -0.05) is 0 Å². The first-order chi connectivity index (χ1) is 10.5. The second-order valence-electron chi connectivity index (χ2n) is 5.22. The third kappa shape index (κ3) is 4.40. The number of carbonyl (C=O) groups is 1. The number of aryl methyl sites for hydroxylation is 1. The maximum atomic E-state index is 11.2. The van der Waals surface area contributed by atoms with Crippen molar-refractivity contribution in [3.8, 4) is 5.88 Å². The highest BCUT2D eigenvalue weighted by Crippen LogP contribution is 2.31. The van der Waals surface area contributed by atoms with Gasteiger partial charge in [0, 0.05) is 20.0 Å². The van der Waals surface area contributed by atoms with Crippen LogP contribution < -0.4 is 4.74 Å². The van der Waals surface area contributed by atoms with E-state index in [2.05, 4.69) is 32.8 Å². The van der Waals surface area contributed by atoms with E-state index >= 15 is 0 Å². The minimum absolute atomic E-state index is 0.110. The maximum Gasteiger partial charge on any atom is 0.228 e. The van der Waals surface area contributed by atoms with E-state index in [1.807, 2.05) is 24.9 Å². The molecule has 0 aromatic carbocycles. The molecule has 0 aliphatic heterocycles. The number of carbonyl (C=O) groups excluding carboxylic acids is 1. The van der Waals surface area contributed by atoms with Crippen molar-refractivity contribution < 1.29 is 9.53 Å². The fourth-order valence-electron chi connectivity index (χ4n) is 1.93. The molecule has 0 spiro atoms. The number of nitrogens with zero attached hydrogens (tertiary/aromatic N) is 3. The molecule has 1 atom stereocenters. The van der Waals surface area contributed by atoms with E-state index in [0.29, 0.717) is 18.7 Å². The highest BCUT2D eigenvalue weighted by molar-refractivity contribution is 9.10. The molecule has 0 fully saturated rings. The fraction of sp³-hybridized carbons (Fsp3) is 0.438. The number of rotatable bonds is 5. The van der Waals surface area contributed by atoms with Crippen LogP contribution in [0, 0.1) is 6.92 Å². The Kier molecular flexibility index (Phi) is 5.71. The maximum absolute atomic E-state index is 11.2.